The molecule has 3 aromatic rings. The second-order valence-electron chi connectivity index (χ2n) is 5.68. The molecule has 2 N–H and O–H groups in total. The Morgan fingerprint density at radius 2 is 2.17 bits per heavy atom. The molecule has 0 amide bonds. The minimum atomic E-state index is -1.10. The number of benzene rings is 1. The molecule has 0 bridgehead atoms. The quantitative estimate of drug-likeness (QED) is 0.726. The minimum absolute atomic E-state index is 0.0117. The maximum Gasteiger partial charge on any atom is 0.358 e. The summed E-state index contributed by atoms with van der Waals surface area (Å²) in [5, 5.41) is 17.0. The summed E-state index contributed by atoms with van der Waals surface area (Å²) in [4.78, 5) is 32.3. The zero-order chi connectivity index (χ0) is 16.7. The van der Waals surface area contributed by atoms with Gasteiger partial charge in [-0.3, -0.25) is 9.78 Å². The van der Waals surface area contributed by atoms with Crippen LogP contribution < -0.4 is 10.5 Å². The van der Waals surface area contributed by atoms with Gasteiger partial charge in [0.15, 0.2) is 5.69 Å². The van der Waals surface area contributed by atoms with E-state index in [1.54, 1.807) is 22.9 Å². The van der Waals surface area contributed by atoms with Gasteiger partial charge in [-0.25, -0.2) is 14.5 Å². The molecule has 24 heavy (non-hydrogen) atoms. The van der Waals surface area contributed by atoms with Crippen molar-refractivity contribution in [1.29, 1.82) is 0 Å². The van der Waals surface area contributed by atoms with Gasteiger partial charge in [0.25, 0.3) is 5.56 Å². The fourth-order valence-electron chi connectivity index (χ4n) is 2.93. The number of anilines is 1. The lowest BCUT2D eigenvalue weighted by atomic mass is 10.2. The molecule has 1 fully saturated rings. The largest absolute Gasteiger partial charge is 0.476 e. The molecule has 1 aliphatic heterocycles. The van der Waals surface area contributed by atoms with E-state index in [0.717, 1.165) is 6.42 Å². The first-order valence-electron chi connectivity index (χ1n) is 7.51. The van der Waals surface area contributed by atoms with Crippen molar-refractivity contribution in [3.63, 3.8) is 0 Å². The van der Waals surface area contributed by atoms with E-state index in [9.17, 15) is 9.59 Å². The van der Waals surface area contributed by atoms with Crippen LogP contribution >= 0.6 is 0 Å². The third-order valence-electron chi connectivity index (χ3n) is 4.17. The van der Waals surface area contributed by atoms with Crippen molar-refractivity contribution < 1.29 is 9.90 Å². The molecule has 1 unspecified atom stereocenters. The predicted molar refractivity (Wildman–Crippen MR) is 85.2 cm³/mol. The van der Waals surface area contributed by atoms with E-state index in [-0.39, 0.29) is 17.3 Å². The maximum atomic E-state index is 12.2. The van der Waals surface area contributed by atoms with Crippen molar-refractivity contribution in [3.05, 3.63) is 46.5 Å². The van der Waals surface area contributed by atoms with Gasteiger partial charge in [-0.05, 0) is 18.6 Å². The Bertz CT molecular complexity index is 978. The number of nitrogens with one attached hydrogen (secondary N) is 1. The highest BCUT2D eigenvalue weighted by Crippen LogP contribution is 2.24. The van der Waals surface area contributed by atoms with E-state index < -0.39 is 5.97 Å². The molecule has 9 nitrogen and oxygen atoms in total. The number of H-pyrrole nitrogens is 1. The van der Waals surface area contributed by atoms with E-state index in [1.807, 2.05) is 11.0 Å². The molecular weight excluding hydrogens is 312 g/mol. The average molecular weight is 326 g/mol. The van der Waals surface area contributed by atoms with Gasteiger partial charge in [0, 0.05) is 13.1 Å². The predicted octanol–water partition coefficient (Wildman–Crippen LogP) is 0.664. The number of carboxylic acids is 1. The van der Waals surface area contributed by atoms with Crippen LogP contribution in [0.5, 0.6) is 0 Å². The molecular formula is C15H14N6O3. The molecule has 1 aliphatic rings. The van der Waals surface area contributed by atoms with Gasteiger partial charge in [0.2, 0.25) is 5.95 Å². The molecule has 0 radical (unpaired) electrons. The fourth-order valence-corrected chi connectivity index (χ4v) is 2.93. The summed E-state index contributed by atoms with van der Waals surface area (Å²) in [7, 11) is 0. The number of carboxylic acid groups (broad SMARTS) is 1. The van der Waals surface area contributed by atoms with Crippen LogP contribution in [0.3, 0.4) is 0 Å². The Morgan fingerprint density at radius 1 is 1.33 bits per heavy atom. The summed E-state index contributed by atoms with van der Waals surface area (Å²) in [6, 6.07) is 7.17. The first kappa shape index (κ1) is 14.4. The van der Waals surface area contributed by atoms with Gasteiger partial charge in [0.1, 0.15) is 0 Å². The van der Waals surface area contributed by atoms with Crippen molar-refractivity contribution >= 4 is 22.8 Å². The Labute approximate surface area is 135 Å². The van der Waals surface area contributed by atoms with Crippen molar-refractivity contribution in [2.75, 3.05) is 18.0 Å². The van der Waals surface area contributed by atoms with E-state index in [2.05, 4.69) is 20.3 Å². The molecule has 9 heteroatoms. The van der Waals surface area contributed by atoms with Crippen molar-refractivity contribution in [1.82, 2.24) is 25.0 Å². The third kappa shape index (κ3) is 2.39. The fraction of sp³-hybridized carbons (Fsp3) is 0.267. The van der Waals surface area contributed by atoms with Gasteiger partial charge >= 0.3 is 5.97 Å². The molecule has 122 valence electrons. The van der Waals surface area contributed by atoms with E-state index >= 15 is 0 Å². The Hall–Kier alpha value is -3.23. The molecule has 0 aliphatic carbocycles. The first-order valence-corrected chi connectivity index (χ1v) is 7.51. The van der Waals surface area contributed by atoms with Crippen molar-refractivity contribution in [3.8, 4) is 0 Å². The van der Waals surface area contributed by atoms with Crippen LogP contribution in [0.1, 0.15) is 23.0 Å². The molecule has 1 saturated heterocycles. The van der Waals surface area contributed by atoms with Gasteiger partial charge in [-0.1, -0.05) is 17.3 Å². The molecule has 2 aromatic heterocycles. The highest BCUT2D eigenvalue weighted by Gasteiger charge is 2.27. The average Bonchev–Trinajstić information content (AvgIpc) is 3.24. The zero-order valence-electron chi connectivity index (χ0n) is 12.6. The number of nitrogens with zero attached hydrogens (tertiary/aromatic N) is 5. The van der Waals surface area contributed by atoms with Crippen LogP contribution in [0.4, 0.5) is 5.95 Å². The molecule has 4 rings (SSSR count). The van der Waals surface area contributed by atoms with Crippen LogP contribution in [-0.4, -0.2) is 49.1 Å². The molecule has 0 spiro atoms. The lowest BCUT2D eigenvalue weighted by Crippen LogP contribution is -2.25. The van der Waals surface area contributed by atoms with Crippen LogP contribution in [0.15, 0.2) is 35.3 Å². The van der Waals surface area contributed by atoms with E-state index in [0.29, 0.717) is 29.9 Å². The van der Waals surface area contributed by atoms with Gasteiger partial charge in [-0.2, -0.15) is 0 Å². The normalized spacial score (nSPS) is 17.5. The Morgan fingerprint density at radius 3 is 2.96 bits per heavy atom. The number of para-hydroxylation sites is 1. The molecule has 1 aromatic carbocycles. The smallest absolute Gasteiger partial charge is 0.358 e. The monoisotopic (exact) mass is 326 g/mol. The molecule has 1 atom stereocenters. The van der Waals surface area contributed by atoms with Gasteiger partial charge < -0.3 is 10.0 Å². The second kappa shape index (κ2) is 5.44. The minimum Gasteiger partial charge on any atom is -0.476 e. The Kier molecular flexibility index (Phi) is 3.26. The lowest BCUT2D eigenvalue weighted by molar-refractivity contribution is 0.0690. The Balaban J connectivity index is 1.60. The number of hydrogen-bond acceptors (Lipinski definition) is 6. The van der Waals surface area contributed by atoms with E-state index in [1.165, 1.54) is 6.20 Å². The SMILES string of the molecule is O=C(O)c1cn(C2CCN(c3nc4ccccc4c(=O)[nH]3)C2)nn1. The van der Waals surface area contributed by atoms with Crippen LogP contribution in [-0.2, 0) is 0 Å². The topological polar surface area (TPSA) is 117 Å². The molecule has 0 saturated carbocycles. The number of fused-ring (bicyclic) bond motifs is 1. The van der Waals surface area contributed by atoms with Crippen LogP contribution in [0.25, 0.3) is 10.9 Å². The van der Waals surface area contributed by atoms with Gasteiger partial charge in [-0.15, -0.1) is 5.10 Å². The number of hydrogen-bond donors (Lipinski definition) is 2. The summed E-state index contributed by atoms with van der Waals surface area (Å²) in [6.07, 6.45) is 2.19. The number of aromatic carboxylic acids is 1. The van der Waals surface area contributed by atoms with Crippen LogP contribution in [0.2, 0.25) is 0 Å². The summed E-state index contributed by atoms with van der Waals surface area (Å²) >= 11 is 0. The second-order valence-corrected chi connectivity index (χ2v) is 5.68. The third-order valence-corrected chi connectivity index (χ3v) is 4.17. The highest BCUT2D eigenvalue weighted by atomic mass is 16.4. The number of carbonyl (C=O) groups is 1. The standard InChI is InChI=1S/C15H14N6O3/c22-13-10-3-1-2-4-11(10)16-15(17-13)20-6-5-9(7-20)21-8-12(14(23)24)18-19-21/h1-4,8-9H,5-7H2,(H,23,24)(H,16,17,22). The summed E-state index contributed by atoms with van der Waals surface area (Å²) < 4.78 is 1.56. The maximum absolute atomic E-state index is 12.2. The summed E-state index contributed by atoms with van der Waals surface area (Å²) in [5.74, 6) is -0.587. The van der Waals surface area contributed by atoms with Gasteiger partial charge in [0.05, 0.1) is 23.1 Å². The van der Waals surface area contributed by atoms with Crippen molar-refractivity contribution in [2.45, 2.75) is 12.5 Å². The number of aromatic nitrogens is 5. The highest BCUT2D eigenvalue weighted by molar-refractivity contribution is 5.84. The number of aromatic amines is 1. The lowest BCUT2D eigenvalue weighted by Gasteiger charge is -2.17. The van der Waals surface area contributed by atoms with E-state index in [4.69, 9.17) is 5.11 Å². The zero-order valence-corrected chi connectivity index (χ0v) is 12.6. The first-order chi connectivity index (χ1) is 11.6. The van der Waals surface area contributed by atoms with Crippen molar-refractivity contribution in [2.24, 2.45) is 0 Å². The van der Waals surface area contributed by atoms with Crippen LogP contribution in [0, 0.1) is 0 Å². The summed E-state index contributed by atoms with van der Waals surface area (Å²) in [6.45, 7) is 1.26. The molecule has 3 heterocycles. The number of rotatable bonds is 3. The summed E-state index contributed by atoms with van der Waals surface area (Å²) in [5.41, 5.74) is 0.396.